The molecule has 0 amide bonds. The highest BCUT2D eigenvalue weighted by atomic mass is 32.2. The summed E-state index contributed by atoms with van der Waals surface area (Å²) >= 11 is 1.09. The van der Waals surface area contributed by atoms with E-state index < -0.39 is 46.1 Å². The molecule has 1 saturated heterocycles. The van der Waals surface area contributed by atoms with Gasteiger partial charge in [-0.05, 0) is 5.92 Å². The molecule has 0 aliphatic carbocycles. The van der Waals surface area contributed by atoms with E-state index in [4.69, 9.17) is 10.5 Å². The molecule has 0 aromatic carbocycles. The topological polar surface area (TPSA) is 148 Å². The first-order valence-corrected chi connectivity index (χ1v) is 8.95. The van der Waals surface area contributed by atoms with Gasteiger partial charge >= 0.3 is 11.7 Å². The number of hydrogen-bond acceptors (Lipinski definition) is 8. The van der Waals surface area contributed by atoms with Crippen molar-refractivity contribution in [3.05, 3.63) is 33.1 Å². The average molecular weight is 373 g/mol. The first kappa shape index (κ1) is 19.7. The minimum absolute atomic E-state index is 0.0355. The van der Waals surface area contributed by atoms with Gasteiger partial charge < -0.3 is 20.7 Å². The van der Waals surface area contributed by atoms with Crippen LogP contribution in [-0.4, -0.2) is 55.8 Å². The Morgan fingerprint density at radius 2 is 2.12 bits per heavy atom. The van der Waals surface area contributed by atoms with Gasteiger partial charge in [0.25, 0.3) is 5.56 Å². The highest BCUT2D eigenvalue weighted by Gasteiger charge is 2.44. The Kier molecular flexibility index (Phi) is 6.44. The van der Waals surface area contributed by atoms with Gasteiger partial charge in [0.2, 0.25) is 0 Å². The predicted molar refractivity (Wildman–Crippen MR) is 92.1 cm³/mol. The Morgan fingerprint density at radius 3 is 2.72 bits per heavy atom. The number of nitrogens with one attached hydrogen (secondary N) is 1. The zero-order valence-electron chi connectivity index (χ0n) is 14.0. The summed E-state index contributed by atoms with van der Waals surface area (Å²) in [6.45, 7) is 3.62. The molecule has 0 radical (unpaired) electrons. The molecule has 1 aliphatic rings. The summed E-state index contributed by atoms with van der Waals surface area (Å²) < 4.78 is 6.29. The van der Waals surface area contributed by atoms with Gasteiger partial charge in [-0.2, -0.15) is 0 Å². The number of aromatic nitrogens is 2. The molecule has 1 aromatic rings. The van der Waals surface area contributed by atoms with Crippen LogP contribution >= 0.6 is 11.8 Å². The van der Waals surface area contributed by atoms with Crippen molar-refractivity contribution in [2.75, 3.05) is 6.61 Å². The summed E-state index contributed by atoms with van der Waals surface area (Å²) in [4.78, 5) is 37.0. The lowest BCUT2D eigenvalue weighted by molar-refractivity contribution is -0.147. The molecule has 6 atom stereocenters. The van der Waals surface area contributed by atoms with Gasteiger partial charge in [-0.1, -0.05) is 20.3 Å². The lowest BCUT2D eigenvalue weighted by atomic mass is 10.0. The largest absolute Gasteiger partial charge is 0.463 e. The van der Waals surface area contributed by atoms with E-state index in [1.807, 2.05) is 13.8 Å². The molecule has 0 bridgehead atoms. The molecule has 25 heavy (non-hydrogen) atoms. The SMILES string of the molecule is CCC(C)[C@H](N)C(=O)OC[C@H]1S[C@@H](n2ccc(=O)[nH]c2=O)C(O)C1O. The maximum atomic E-state index is 11.9. The van der Waals surface area contributed by atoms with E-state index in [-0.39, 0.29) is 12.5 Å². The van der Waals surface area contributed by atoms with Crippen molar-refractivity contribution in [1.82, 2.24) is 9.55 Å². The number of carbonyl (C=O) groups is 1. The van der Waals surface area contributed by atoms with Gasteiger partial charge in [-0.25, -0.2) is 4.79 Å². The van der Waals surface area contributed by atoms with Gasteiger partial charge in [0.15, 0.2) is 0 Å². The molecule has 10 heteroatoms. The minimum Gasteiger partial charge on any atom is -0.463 e. The fourth-order valence-electron chi connectivity index (χ4n) is 2.47. The van der Waals surface area contributed by atoms with Crippen molar-refractivity contribution in [2.24, 2.45) is 11.7 Å². The Hall–Kier alpha value is -1.62. The third-order valence-corrected chi connectivity index (χ3v) is 5.93. The van der Waals surface area contributed by atoms with Gasteiger partial charge in [-0.15, -0.1) is 11.8 Å². The van der Waals surface area contributed by atoms with Gasteiger partial charge in [0.1, 0.15) is 24.1 Å². The van der Waals surface area contributed by atoms with E-state index in [1.165, 1.54) is 6.20 Å². The fourth-order valence-corrected chi connectivity index (χ4v) is 3.92. The number of thioether (sulfide) groups is 1. The van der Waals surface area contributed by atoms with Gasteiger partial charge in [0.05, 0.1) is 11.4 Å². The van der Waals surface area contributed by atoms with E-state index >= 15 is 0 Å². The van der Waals surface area contributed by atoms with Crippen LogP contribution in [-0.2, 0) is 9.53 Å². The molecule has 1 fully saturated rings. The number of H-pyrrole nitrogens is 1. The van der Waals surface area contributed by atoms with E-state index in [9.17, 15) is 24.6 Å². The van der Waals surface area contributed by atoms with Crippen molar-refractivity contribution in [2.45, 2.75) is 49.1 Å². The fraction of sp³-hybridized carbons (Fsp3) is 0.667. The first-order valence-electron chi connectivity index (χ1n) is 8.01. The zero-order valence-corrected chi connectivity index (χ0v) is 14.8. The predicted octanol–water partition coefficient (Wildman–Crippen LogP) is -1.21. The van der Waals surface area contributed by atoms with Crippen molar-refractivity contribution >= 4 is 17.7 Å². The molecule has 2 heterocycles. The van der Waals surface area contributed by atoms with Gasteiger partial charge in [0, 0.05) is 12.3 Å². The molecule has 1 aromatic heterocycles. The lowest BCUT2D eigenvalue weighted by Gasteiger charge is -2.19. The highest BCUT2D eigenvalue weighted by molar-refractivity contribution is 8.00. The van der Waals surface area contributed by atoms with Crippen LogP contribution in [0.5, 0.6) is 0 Å². The Morgan fingerprint density at radius 1 is 1.44 bits per heavy atom. The van der Waals surface area contributed by atoms with Crippen LogP contribution in [0.15, 0.2) is 21.9 Å². The number of nitrogens with zero attached hydrogens (tertiary/aromatic N) is 1. The first-order chi connectivity index (χ1) is 11.8. The van der Waals surface area contributed by atoms with Crippen molar-refractivity contribution < 1.29 is 19.7 Å². The number of nitrogens with two attached hydrogens (primary N) is 1. The van der Waals surface area contributed by atoms with Crippen LogP contribution in [0.25, 0.3) is 0 Å². The van der Waals surface area contributed by atoms with E-state index in [0.29, 0.717) is 0 Å². The molecular weight excluding hydrogens is 350 g/mol. The molecule has 2 rings (SSSR count). The van der Waals surface area contributed by atoms with Crippen molar-refractivity contribution in [3.63, 3.8) is 0 Å². The molecule has 140 valence electrons. The second-order valence-corrected chi connectivity index (χ2v) is 7.47. The van der Waals surface area contributed by atoms with Crippen LogP contribution in [0.1, 0.15) is 25.6 Å². The normalized spacial score (nSPS) is 28.5. The van der Waals surface area contributed by atoms with Crippen LogP contribution in [0.2, 0.25) is 0 Å². The van der Waals surface area contributed by atoms with E-state index in [1.54, 1.807) is 0 Å². The third kappa shape index (κ3) is 4.32. The molecule has 9 nitrogen and oxygen atoms in total. The second-order valence-electron chi connectivity index (χ2n) is 6.11. The Balaban J connectivity index is 2.03. The number of carbonyl (C=O) groups excluding carboxylic acids is 1. The second kappa shape index (κ2) is 8.17. The van der Waals surface area contributed by atoms with Crippen LogP contribution < -0.4 is 17.0 Å². The molecule has 5 N–H and O–H groups in total. The van der Waals surface area contributed by atoms with Crippen molar-refractivity contribution in [1.29, 1.82) is 0 Å². The summed E-state index contributed by atoms with van der Waals surface area (Å²) in [5, 5.41) is 18.9. The number of hydrogen-bond donors (Lipinski definition) is 4. The quantitative estimate of drug-likeness (QED) is 0.454. The number of esters is 1. The minimum atomic E-state index is -1.25. The summed E-state index contributed by atoms with van der Waals surface area (Å²) in [7, 11) is 0. The number of aliphatic hydroxyl groups is 2. The number of aromatic amines is 1. The smallest absolute Gasteiger partial charge is 0.329 e. The summed E-state index contributed by atoms with van der Waals surface area (Å²) in [5.74, 6) is -0.604. The molecule has 0 saturated carbocycles. The van der Waals surface area contributed by atoms with Crippen LogP contribution in [0.4, 0.5) is 0 Å². The maximum absolute atomic E-state index is 11.9. The van der Waals surface area contributed by atoms with Crippen molar-refractivity contribution in [3.8, 4) is 0 Å². The number of ether oxygens (including phenoxy) is 1. The van der Waals surface area contributed by atoms with Crippen LogP contribution in [0, 0.1) is 5.92 Å². The molecular formula is C15H23N3O6S. The van der Waals surface area contributed by atoms with Gasteiger partial charge in [-0.3, -0.25) is 19.1 Å². The Bertz CT molecular complexity index is 720. The standard InChI is InChI=1S/C15H23N3O6S/c1-3-7(2)10(16)14(22)24-6-8-11(20)12(21)13(25-8)18-5-4-9(19)17-15(18)23/h4-5,7-8,10-13,20-21H,3,6,16H2,1-2H3,(H,17,19,23)/t7?,8-,10+,11?,12?,13-/m1/s1. The monoisotopic (exact) mass is 373 g/mol. The summed E-state index contributed by atoms with van der Waals surface area (Å²) in [5.41, 5.74) is 4.56. The van der Waals surface area contributed by atoms with E-state index in [2.05, 4.69) is 4.98 Å². The molecule has 1 aliphatic heterocycles. The maximum Gasteiger partial charge on any atom is 0.329 e. The van der Waals surface area contributed by atoms with Crippen LogP contribution in [0.3, 0.4) is 0 Å². The summed E-state index contributed by atoms with van der Waals surface area (Å²) in [6, 6.07) is 0.399. The third-order valence-electron chi connectivity index (χ3n) is 4.38. The molecule has 3 unspecified atom stereocenters. The van der Waals surface area contributed by atoms with E-state index in [0.717, 1.165) is 28.8 Å². The number of aliphatic hydroxyl groups excluding tert-OH is 2. The molecule has 0 spiro atoms. The lowest BCUT2D eigenvalue weighted by Crippen LogP contribution is -2.40. The summed E-state index contributed by atoms with van der Waals surface area (Å²) in [6.07, 6.45) is -0.461. The Labute approximate surface area is 148 Å². The average Bonchev–Trinajstić information content (AvgIpc) is 2.86. The number of rotatable bonds is 6. The zero-order chi connectivity index (χ0) is 18.7. The highest BCUT2D eigenvalue weighted by Crippen LogP contribution is 2.41.